The van der Waals surface area contributed by atoms with Gasteiger partial charge in [-0.1, -0.05) is 24.3 Å². The van der Waals surface area contributed by atoms with E-state index in [1.807, 2.05) is 24.3 Å². The van der Waals surface area contributed by atoms with Gasteiger partial charge >= 0.3 is 5.97 Å². The number of hydrogen-bond donors (Lipinski definition) is 2. The maximum absolute atomic E-state index is 11.5. The number of ether oxygens (including phenoxy) is 1. The van der Waals surface area contributed by atoms with E-state index in [9.17, 15) is 20.0 Å². The topological polar surface area (TPSA) is 102 Å². The molecule has 0 saturated carbocycles. The summed E-state index contributed by atoms with van der Waals surface area (Å²) in [7, 11) is 1.61. The van der Waals surface area contributed by atoms with Crippen LogP contribution in [0.4, 0.5) is 11.4 Å². The van der Waals surface area contributed by atoms with Crippen LogP contribution in [0, 0.1) is 10.1 Å². The van der Waals surface area contributed by atoms with Crippen LogP contribution in [0.3, 0.4) is 0 Å². The largest absolute Gasteiger partial charge is 0.497 e. The van der Waals surface area contributed by atoms with Crippen molar-refractivity contribution >= 4 is 17.3 Å². The second-order valence-corrected chi connectivity index (χ2v) is 7.21. The molecule has 7 heteroatoms. The summed E-state index contributed by atoms with van der Waals surface area (Å²) in [5, 5.41) is 23.8. The van der Waals surface area contributed by atoms with Crippen LogP contribution in [0.15, 0.2) is 66.7 Å². The number of fused-ring (bicyclic) bond motifs is 1. The molecule has 0 unspecified atom stereocenters. The number of carbonyl (C=O) groups is 1. The number of non-ortho nitro benzene ring substituents is 1. The summed E-state index contributed by atoms with van der Waals surface area (Å²) in [6.07, 6.45) is 0.681. The van der Waals surface area contributed by atoms with Gasteiger partial charge in [0.2, 0.25) is 0 Å². The van der Waals surface area contributed by atoms with Crippen LogP contribution in [-0.4, -0.2) is 23.1 Å². The van der Waals surface area contributed by atoms with Gasteiger partial charge in [0.15, 0.2) is 0 Å². The van der Waals surface area contributed by atoms with Gasteiger partial charge < -0.3 is 15.2 Å². The van der Waals surface area contributed by atoms with E-state index < -0.39 is 10.9 Å². The number of nitro groups is 1. The second kappa shape index (κ2) is 7.87. The summed E-state index contributed by atoms with van der Waals surface area (Å²) >= 11 is 0. The molecule has 0 spiro atoms. The van der Waals surface area contributed by atoms with Crippen molar-refractivity contribution < 1.29 is 19.6 Å². The molecule has 30 heavy (non-hydrogen) atoms. The van der Waals surface area contributed by atoms with Crippen molar-refractivity contribution in [2.24, 2.45) is 0 Å². The van der Waals surface area contributed by atoms with Gasteiger partial charge in [0.25, 0.3) is 5.69 Å². The van der Waals surface area contributed by atoms with Gasteiger partial charge in [0.1, 0.15) is 5.75 Å². The maximum atomic E-state index is 11.5. The molecule has 1 aliphatic rings. The third-order valence-electron chi connectivity index (χ3n) is 5.50. The van der Waals surface area contributed by atoms with Crippen molar-refractivity contribution in [2.75, 3.05) is 12.4 Å². The average Bonchev–Trinajstić information content (AvgIpc) is 2.78. The number of carboxylic acid groups (broad SMARTS) is 1. The van der Waals surface area contributed by atoms with E-state index in [4.69, 9.17) is 4.74 Å². The van der Waals surface area contributed by atoms with Crippen molar-refractivity contribution in [3.63, 3.8) is 0 Å². The van der Waals surface area contributed by atoms with Crippen LogP contribution < -0.4 is 10.1 Å². The third kappa shape index (κ3) is 3.69. The van der Waals surface area contributed by atoms with Gasteiger partial charge in [0.05, 0.1) is 23.6 Å². The SMILES string of the molecule is COc1ccc([C@H]2C[C@H](c3ccc([N+](=O)[O-])cc3)Nc3ccc(C(=O)O)cc32)cc1. The van der Waals surface area contributed by atoms with Crippen molar-refractivity contribution in [3.8, 4) is 5.75 Å². The predicted octanol–water partition coefficient (Wildman–Crippen LogP) is 4.99. The minimum atomic E-state index is -0.969. The zero-order chi connectivity index (χ0) is 21.3. The summed E-state index contributed by atoms with van der Waals surface area (Å²) in [6, 6.07) is 19.3. The molecule has 3 aromatic rings. The normalized spacial score (nSPS) is 17.5. The van der Waals surface area contributed by atoms with Crippen LogP contribution in [0.25, 0.3) is 0 Å². The highest BCUT2D eigenvalue weighted by molar-refractivity contribution is 5.89. The smallest absolute Gasteiger partial charge is 0.335 e. The Morgan fingerprint density at radius 2 is 1.73 bits per heavy atom. The van der Waals surface area contributed by atoms with Gasteiger partial charge in [-0.3, -0.25) is 10.1 Å². The van der Waals surface area contributed by atoms with Crippen LogP contribution >= 0.6 is 0 Å². The molecule has 1 aliphatic heterocycles. The second-order valence-electron chi connectivity index (χ2n) is 7.21. The van der Waals surface area contributed by atoms with E-state index in [1.165, 1.54) is 12.1 Å². The number of nitro benzene ring substituents is 1. The zero-order valence-electron chi connectivity index (χ0n) is 16.2. The fourth-order valence-electron chi connectivity index (χ4n) is 3.92. The fraction of sp³-hybridized carbons (Fsp3) is 0.174. The molecule has 1 heterocycles. The molecule has 0 aromatic heterocycles. The average molecular weight is 404 g/mol. The van der Waals surface area contributed by atoms with Crippen molar-refractivity contribution in [1.82, 2.24) is 0 Å². The number of nitrogens with one attached hydrogen (secondary N) is 1. The summed E-state index contributed by atoms with van der Waals surface area (Å²) in [4.78, 5) is 22.0. The van der Waals surface area contributed by atoms with Gasteiger partial charge in [-0.05, 0) is 53.4 Å². The van der Waals surface area contributed by atoms with E-state index in [0.29, 0.717) is 6.42 Å². The lowest BCUT2D eigenvalue weighted by Crippen LogP contribution is -2.23. The highest BCUT2D eigenvalue weighted by Crippen LogP contribution is 2.44. The molecule has 0 aliphatic carbocycles. The number of methoxy groups -OCH3 is 1. The predicted molar refractivity (Wildman–Crippen MR) is 112 cm³/mol. The van der Waals surface area contributed by atoms with Crippen LogP contribution in [0.5, 0.6) is 5.75 Å². The molecule has 7 nitrogen and oxygen atoms in total. The first-order valence-corrected chi connectivity index (χ1v) is 9.48. The summed E-state index contributed by atoms with van der Waals surface area (Å²) in [5.74, 6) is -0.255. The van der Waals surface area contributed by atoms with Crippen LogP contribution in [-0.2, 0) is 0 Å². The monoisotopic (exact) mass is 404 g/mol. The number of benzene rings is 3. The molecule has 2 atom stereocenters. The Bertz CT molecular complexity index is 1090. The molecule has 0 radical (unpaired) electrons. The van der Waals surface area contributed by atoms with Gasteiger partial charge in [-0.25, -0.2) is 4.79 Å². The first-order valence-electron chi connectivity index (χ1n) is 9.48. The number of carboxylic acids is 1. The lowest BCUT2D eigenvalue weighted by molar-refractivity contribution is -0.384. The van der Waals surface area contributed by atoms with Crippen molar-refractivity contribution in [3.05, 3.63) is 99.1 Å². The quantitative estimate of drug-likeness (QED) is 0.459. The number of rotatable bonds is 5. The molecule has 152 valence electrons. The molecule has 3 aromatic carbocycles. The van der Waals surface area contributed by atoms with Crippen LogP contribution in [0.1, 0.15) is 45.4 Å². The van der Waals surface area contributed by atoms with Gasteiger partial charge in [0, 0.05) is 23.7 Å². The zero-order valence-corrected chi connectivity index (χ0v) is 16.2. The Hall–Kier alpha value is -3.87. The molecule has 0 amide bonds. The summed E-state index contributed by atoms with van der Waals surface area (Å²) < 4.78 is 5.25. The van der Waals surface area contributed by atoms with Gasteiger partial charge in [-0.2, -0.15) is 0 Å². The van der Waals surface area contributed by atoms with E-state index in [1.54, 1.807) is 37.4 Å². The highest BCUT2D eigenvalue weighted by Gasteiger charge is 2.29. The standard InChI is InChI=1S/C23H20N2O5/c1-30-18-9-4-14(5-10-18)19-13-22(15-2-7-17(8-3-15)25(28)29)24-21-11-6-16(23(26)27)12-20(19)21/h2-12,19,22,24H,13H2,1H3,(H,26,27)/t19-,22-/m1/s1. The Kier molecular flexibility index (Phi) is 5.10. The van der Waals surface area contributed by atoms with E-state index in [2.05, 4.69) is 5.32 Å². The Balaban J connectivity index is 1.75. The maximum Gasteiger partial charge on any atom is 0.335 e. The third-order valence-corrected chi connectivity index (χ3v) is 5.50. The number of nitrogens with zero attached hydrogens (tertiary/aromatic N) is 1. The lowest BCUT2D eigenvalue weighted by atomic mass is 9.79. The molecular formula is C23H20N2O5. The molecule has 0 fully saturated rings. The first-order chi connectivity index (χ1) is 14.5. The van der Waals surface area contributed by atoms with E-state index in [-0.39, 0.29) is 23.2 Å². The first kappa shape index (κ1) is 19.4. The van der Waals surface area contributed by atoms with Crippen molar-refractivity contribution in [2.45, 2.75) is 18.4 Å². The summed E-state index contributed by atoms with van der Waals surface area (Å²) in [5.41, 5.74) is 4.05. The number of anilines is 1. The molecule has 4 rings (SSSR count). The Morgan fingerprint density at radius 1 is 1.07 bits per heavy atom. The number of aromatic carboxylic acids is 1. The minimum Gasteiger partial charge on any atom is -0.497 e. The Labute approximate surface area is 173 Å². The fourth-order valence-corrected chi connectivity index (χ4v) is 3.92. The Morgan fingerprint density at radius 3 is 2.33 bits per heavy atom. The summed E-state index contributed by atoms with van der Waals surface area (Å²) in [6.45, 7) is 0. The number of hydrogen-bond acceptors (Lipinski definition) is 5. The lowest BCUT2D eigenvalue weighted by Gasteiger charge is -2.34. The van der Waals surface area contributed by atoms with Gasteiger partial charge in [-0.15, -0.1) is 0 Å². The minimum absolute atomic E-state index is 0.0355. The highest BCUT2D eigenvalue weighted by atomic mass is 16.6. The van der Waals surface area contributed by atoms with E-state index in [0.717, 1.165) is 28.1 Å². The molecule has 0 saturated heterocycles. The molecule has 2 N–H and O–H groups in total. The molecular weight excluding hydrogens is 384 g/mol. The van der Waals surface area contributed by atoms with Crippen molar-refractivity contribution in [1.29, 1.82) is 0 Å². The van der Waals surface area contributed by atoms with Crippen LogP contribution in [0.2, 0.25) is 0 Å². The molecule has 0 bridgehead atoms. The van der Waals surface area contributed by atoms with E-state index >= 15 is 0 Å².